The fourth-order valence-corrected chi connectivity index (χ4v) is 2.34. The van der Waals surface area contributed by atoms with Crippen LogP contribution in [0, 0.1) is 0 Å². The van der Waals surface area contributed by atoms with Crippen molar-refractivity contribution in [3.63, 3.8) is 0 Å². The minimum absolute atomic E-state index is 0.00764. The highest BCUT2D eigenvalue weighted by Gasteiger charge is 2.18. The second-order valence-corrected chi connectivity index (χ2v) is 4.95. The molecule has 5 heteroatoms. The molecule has 0 atom stereocenters. The molecule has 1 heterocycles. The van der Waals surface area contributed by atoms with Crippen molar-refractivity contribution in [3.05, 3.63) is 5.82 Å². The van der Waals surface area contributed by atoms with Crippen molar-refractivity contribution in [2.75, 3.05) is 11.2 Å². The van der Waals surface area contributed by atoms with Gasteiger partial charge in [0.1, 0.15) is 5.82 Å². The van der Waals surface area contributed by atoms with Crippen molar-refractivity contribution in [2.24, 2.45) is 0 Å². The molecule has 80 valence electrons. The monoisotopic (exact) mass is 233 g/mol. The molecule has 0 saturated heterocycles. The van der Waals surface area contributed by atoms with Crippen molar-refractivity contribution in [1.82, 2.24) is 9.36 Å². The summed E-state index contributed by atoms with van der Waals surface area (Å²) < 4.78 is 4.21. The van der Waals surface area contributed by atoms with E-state index in [2.05, 4.69) is 35.4 Å². The SMILES string of the molecule is CCc1nsc(NC(C)(C)CCCl)n1. The van der Waals surface area contributed by atoms with Crippen molar-refractivity contribution >= 4 is 28.3 Å². The summed E-state index contributed by atoms with van der Waals surface area (Å²) in [7, 11) is 0. The zero-order valence-corrected chi connectivity index (χ0v) is 10.4. The van der Waals surface area contributed by atoms with E-state index in [0.717, 1.165) is 23.8 Å². The van der Waals surface area contributed by atoms with Crippen LogP contribution >= 0.6 is 23.1 Å². The summed E-state index contributed by atoms with van der Waals surface area (Å²) >= 11 is 7.12. The number of hydrogen-bond donors (Lipinski definition) is 1. The molecule has 14 heavy (non-hydrogen) atoms. The van der Waals surface area contributed by atoms with Crippen LogP contribution < -0.4 is 5.32 Å². The molecular weight excluding hydrogens is 218 g/mol. The fourth-order valence-electron chi connectivity index (χ4n) is 1.04. The summed E-state index contributed by atoms with van der Waals surface area (Å²) in [5.74, 6) is 1.55. The molecule has 0 aliphatic carbocycles. The number of anilines is 1. The second-order valence-electron chi connectivity index (χ2n) is 3.82. The van der Waals surface area contributed by atoms with Crippen LogP contribution in [0.3, 0.4) is 0 Å². The Morgan fingerprint density at radius 2 is 2.21 bits per heavy atom. The van der Waals surface area contributed by atoms with E-state index in [9.17, 15) is 0 Å². The first-order valence-corrected chi connectivity index (χ1v) is 6.05. The molecule has 0 aliphatic heterocycles. The van der Waals surface area contributed by atoms with Crippen LogP contribution in [0.4, 0.5) is 5.13 Å². The van der Waals surface area contributed by atoms with Gasteiger partial charge >= 0.3 is 0 Å². The Bertz CT molecular complexity index is 285. The predicted molar refractivity (Wildman–Crippen MR) is 62.3 cm³/mol. The smallest absolute Gasteiger partial charge is 0.202 e. The maximum Gasteiger partial charge on any atom is 0.202 e. The number of aryl methyl sites for hydroxylation is 1. The van der Waals surface area contributed by atoms with E-state index in [4.69, 9.17) is 11.6 Å². The third kappa shape index (κ3) is 3.42. The summed E-state index contributed by atoms with van der Waals surface area (Å²) in [4.78, 5) is 4.35. The first kappa shape index (κ1) is 11.7. The molecule has 1 rings (SSSR count). The average molecular weight is 234 g/mol. The Balaban J connectivity index is 2.58. The van der Waals surface area contributed by atoms with Crippen molar-refractivity contribution in [1.29, 1.82) is 0 Å². The summed E-state index contributed by atoms with van der Waals surface area (Å²) in [6.07, 6.45) is 1.80. The maximum absolute atomic E-state index is 5.71. The lowest BCUT2D eigenvalue weighted by atomic mass is 10.0. The Hall–Kier alpha value is -0.350. The van der Waals surface area contributed by atoms with Gasteiger partial charge < -0.3 is 5.32 Å². The van der Waals surface area contributed by atoms with Gasteiger partial charge in [-0.15, -0.1) is 11.6 Å². The third-order valence-corrected chi connectivity index (χ3v) is 2.81. The van der Waals surface area contributed by atoms with Gasteiger partial charge in [-0.1, -0.05) is 6.92 Å². The molecule has 0 bridgehead atoms. The summed E-state index contributed by atoms with van der Waals surface area (Å²) in [6.45, 7) is 6.28. The van der Waals surface area contributed by atoms with E-state index in [1.807, 2.05) is 0 Å². The highest BCUT2D eigenvalue weighted by atomic mass is 35.5. The first-order chi connectivity index (χ1) is 6.57. The third-order valence-electron chi connectivity index (χ3n) is 1.95. The van der Waals surface area contributed by atoms with Crippen LogP contribution in [0.2, 0.25) is 0 Å². The highest BCUT2D eigenvalue weighted by molar-refractivity contribution is 7.09. The molecule has 0 saturated carbocycles. The number of halogens is 1. The number of nitrogens with zero attached hydrogens (tertiary/aromatic N) is 2. The maximum atomic E-state index is 5.71. The van der Waals surface area contributed by atoms with Crippen LogP contribution in [-0.2, 0) is 6.42 Å². The fraction of sp³-hybridized carbons (Fsp3) is 0.778. The Labute approximate surface area is 94.1 Å². The largest absolute Gasteiger partial charge is 0.355 e. The topological polar surface area (TPSA) is 37.8 Å². The van der Waals surface area contributed by atoms with Crippen molar-refractivity contribution < 1.29 is 0 Å². The quantitative estimate of drug-likeness (QED) is 0.795. The molecular formula is C9H16ClN3S. The molecule has 0 spiro atoms. The average Bonchev–Trinajstić information content (AvgIpc) is 2.51. The molecule has 0 aromatic carbocycles. The lowest BCUT2D eigenvalue weighted by Crippen LogP contribution is -2.31. The van der Waals surface area contributed by atoms with Gasteiger partial charge in [0.25, 0.3) is 0 Å². The minimum Gasteiger partial charge on any atom is -0.355 e. The molecule has 1 aromatic rings. The number of nitrogens with one attached hydrogen (secondary N) is 1. The minimum atomic E-state index is -0.00764. The lowest BCUT2D eigenvalue weighted by molar-refractivity contribution is 0.550. The van der Waals surface area contributed by atoms with E-state index in [1.165, 1.54) is 11.5 Å². The standard InChI is InChI=1S/C9H16ClN3S/c1-4-7-11-8(14-13-7)12-9(2,3)5-6-10/h4-6H2,1-3H3,(H,11,12,13). The lowest BCUT2D eigenvalue weighted by Gasteiger charge is -2.24. The first-order valence-electron chi connectivity index (χ1n) is 4.74. The Morgan fingerprint density at radius 3 is 2.71 bits per heavy atom. The molecule has 0 amide bonds. The van der Waals surface area contributed by atoms with Gasteiger partial charge in [0.2, 0.25) is 5.13 Å². The van der Waals surface area contributed by atoms with Gasteiger partial charge in [-0.3, -0.25) is 0 Å². The number of hydrogen-bond acceptors (Lipinski definition) is 4. The summed E-state index contributed by atoms with van der Waals surface area (Å²) in [5.41, 5.74) is -0.00764. The van der Waals surface area contributed by atoms with Gasteiger partial charge in [0.15, 0.2) is 0 Å². The van der Waals surface area contributed by atoms with E-state index in [0.29, 0.717) is 5.88 Å². The Morgan fingerprint density at radius 1 is 1.50 bits per heavy atom. The van der Waals surface area contributed by atoms with Gasteiger partial charge in [0, 0.05) is 29.4 Å². The number of alkyl halides is 1. The van der Waals surface area contributed by atoms with E-state index >= 15 is 0 Å². The van der Waals surface area contributed by atoms with Crippen LogP contribution in [-0.4, -0.2) is 20.8 Å². The summed E-state index contributed by atoms with van der Waals surface area (Å²) in [6, 6.07) is 0. The molecule has 3 nitrogen and oxygen atoms in total. The normalized spacial score (nSPS) is 11.7. The van der Waals surface area contributed by atoms with Crippen LogP contribution in [0.1, 0.15) is 33.0 Å². The predicted octanol–water partition coefficient (Wildman–Crippen LogP) is 2.92. The second kappa shape index (κ2) is 4.94. The van der Waals surface area contributed by atoms with E-state index in [-0.39, 0.29) is 5.54 Å². The number of aromatic nitrogens is 2. The Kier molecular flexibility index (Phi) is 4.13. The van der Waals surface area contributed by atoms with Crippen molar-refractivity contribution in [2.45, 2.75) is 39.2 Å². The zero-order valence-electron chi connectivity index (χ0n) is 8.80. The van der Waals surface area contributed by atoms with Gasteiger partial charge in [0.05, 0.1) is 0 Å². The van der Waals surface area contributed by atoms with Gasteiger partial charge in [-0.25, -0.2) is 4.98 Å². The molecule has 1 N–H and O–H groups in total. The van der Waals surface area contributed by atoms with E-state index in [1.54, 1.807) is 0 Å². The van der Waals surface area contributed by atoms with Crippen molar-refractivity contribution in [3.8, 4) is 0 Å². The van der Waals surface area contributed by atoms with Crippen LogP contribution in [0.15, 0.2) is 0 Å². The van der Waals surface area contributed by atoms with Gasteiger partial charge in [-0.05, 0) is 20.3 Å². The van der Waals surface area contributed by atoms with Crippen LogP contribution in [0.5, 0.6) is 0 Å². The molecule has 0 fully saturated rings. The molecule has 0 radical (unpaired) electrons. The highest BCUT2D eigenvalue weighted by Crippen LogP contribution is 2.20. The molecule has 1 aromatic heterocycles. The number of rotatable bonds is 5. The van der Waals surface area contributed by atoms with Crippen LogP contribution in [0.25, 0.3) is 0 Å². The summed E-state index contributed by atoms with van der Waals surface area (Å²) in [5, 5.41) is 4.22. The molecule has 0 aliphatic rings. The zero-order chi connectivity index (χ0) is 10.6. The van der Waals surface area contributed by atoms with E-state index < -0.39 is 0 Å². The molecule has 0 unspecified atom stereocenters. The van der Waals surface area contributed by atoms with Gasteiger partial charge in [-0.2, -0.15) is 4.37 Å².